The molecule has 3 aromatic rings. The molecule has 3 rings (SSSR count). The fourth-order valence-electron chi connectivity index (χ4n) is 2.60. The molecule has 1 N–H and O–H groups in total. The quantitative estimate of drug-likeness (QED) is 0.471. The van der Waals surface area contributed by atoms with E-state index < -0.39 is 5.41 Å². The van der Waals surface area contributed by atoms with Crippen LogP contribution in [0.3, 0.4) is 0 Å². The number of hydrogen-bond donors (Lipinski definition) is 1. The lowest BCUT2D eigenvalue weighted by atomic mass is 9.95. The van der Waals surface area contributed by atoms with Crippen molar-refractivity contribution < 1.29 is 9.53 Å². The van der Waals surface area contributed by atoms with Crippen LogP contribution in [0.5, 0.6) is 6.01 Å². The molecule has 0 saturated carbocycles. The fraction of sp³-hybridized carbons (Fsp3) is 0.348. The molecule has 0 spiro atoms. The Hall–Kier alpha value is -2.57. The first-order valence-corrected chi connectivity index (χ1v) is 10.8. The van der Waals surface area contributed by atoms with Crippen LogP contribution in [0.25, 0.3) is 17.1 Å². The molecule has 164 valence electrons. The Morgan fingerprint density at radius 1 is 1.10 bits per heavy atom. The SMILES string of the molecule is CC(C)COc1nc(-c2ccc(Cl)c(Cl)c2)n(-c2ccc(NC(=O)C(C)(C)C)cc2)n1. The van der Waals surface area contributed by atoms with Crippen molar-refractivity contribution in [2.24, 2.45) is 11.3 Å². The van der Waals surface area contributed by atoms with E-state index in [0.29, 0.717) is 34.1 Å². The monoisotopic (exact) mass is 460 g/mol. The molecule has 0 aliphatic heterocycles. The number of carbonyl (C=O) groups is 1. The normalized spacial score (nSPS) is 11.6. The van der Waals surface area contributed by atoms with Crippen molar-refractivity contribution in [2.75, 3.05) is 11.9 Å². The van der Waals surface area contributed by atoms with E-state index in [1.165, 1.54) is 0 Å². The predicted molar refractivity (Wildman–Crippen MR) is 125 cm³/mol. The number of ether oxygens (including phenoxy) is 1. The summed E-state index contributed by atoms with van der Waals surface area (Å²) < 4.78 is 7.43. The van der Waals surface area contributed by atoms with E-state index >= 15 is 0 Å². The lowest BCUT2D eigenvalue weighted by Crippen LogP contribution is -2.27. The van der Waals surface area contributed by atoms with Crippen molar-refractivity contribution in [1.82, 2.24) is 14.8 Å². The van der Waals surface area contributed by atoms with Gasteiger partial charge < -0.3 is 10.1 Å². The molecule has 8 heteroatoms. The Kier molecular flexibility index (Phi) is 6.92. The largest absolute Gasteiger partial charge is 0.462 e. The number of rotatable bonds is 6. The fourth-order valence-corrected chi connectivity index (χ4v) is 2.90. The molecule has 0 atom stereocenters. The van der Waals surface area contributed by atoms with Gasteiger partial charge in [-0.15, -0.1) is 5.10 Å². The van der Waals surface area contributed by atoms with E-state index in [1.54, 1.807) is 16.8 Å². The minimum absolute atomic E-state index is 0.0538. The number of aromatic nitrogens is 3. The Labute approximate surface area is 192 Å². The maximum Gasteiger partial charge on any atom is 0.336 e. The molecule has 0 unspecified atom stereocenters. The second kappa shape index (κ2) is 9.28. The van der Waals surface area contributed by atoms with Gasteiger partial charge in [-0.1, -0.05) is 57.8 Å². The van der Waals surface area contributed by atoms with E-state index in [9.17, 15) is 4.79 Å². The van der Waals surface area contributed by atoms with E-state index in [-0.39, 0.29) is 11.9 Å². The average Bonchev–Trinajstić information content (AvgIpc) is 3.12. The van der Waals surface area contributed by atoms with Crippen molar-refractivity contribution in [1.29, 1.82) is 0 Å². The van der Waals surface area contributed by atoms with Crippen molar-refractivity contribution in [3.8, 4) is 23.1 Å². The van der Waals surface area contributed by atoms with E-state index in [1.807, 2.05) is 51.1 Å². The highest BCUT2D eigenvalue weighted by Gasteiger charge is 2.21. The number of halogens is 2. The summed E-state index contributed by atoms with van der Waals surface area (Å²) >= 11 is 12.3. The summed E-state index contributed by atoms with van der Waals surface area (Å²) in [4.78, 5) is 16.8. The molecule has 2 aromatic carbocycles. The minimum Gasteiger partial charge on any atom is -0.462 e. The van der Waals surface area contributed by atoms with Crippen LogP contribution < -0.4 is 10.1 Å². The molecule has 0 bridgehead atoms. The molecule has 1 heterocycles. The third kappa shape index (κ3) is 5.77. The summed E-state index contributed by atoms with van der Waals surface area (Å²) in [6, 6.07) is 13.0. The average molecular weight is 461 g/mol. The minimum atomic E-state index is -0.478. The standard InChI is InChI=1S/C23H26Cl2N4O2/c1-14(2)13-31-22-27-20(15-6-11-18(24)19(25)12-15)29(28-22)17-9-7-16(8-10-17)26-21(30)23(3,4)5/h6-12,14H,13H2,1-5H3,(H,26,30). The maximum absolute atomic E-state index is 12.2. The van der Waals surface area contributed by atoms with Crippen LogP contribution in [0.1, 0.15) is 34.6 Å². The number of benzene rings is 2. The van der Waals surface area contributed by atoms with E-state index in [0.717, 1.165) is 11.3 Å². The molecule has 0 radical (unpaired) electrons. The summed E-state index contributed by atoms with van der Waals surface area (Å²) in [6.07, 6.45) is 0. The van der Waals surface area contributed by atoms with Crippen molar-refractivity contribution >= 4 is 34.8 Å². The third-order valence-electron chi connectivity index (χ3n) is 4.36. The Balaban J connectivity index is 1.96. The Morgan fingerprint density at radius 2 is 1.77 bits per heavy atom. The van der Waals surface area contributed by atoms with E-state index in [2.05, 4.69) is 29.2 Å². The van der Waals surface area contributed by atoms with Gasteiger partial charge in [0, 0.05) is 16.7 Å². The van der Waals surface area contributed by atoms with Crippen LogP contribution in [-0.2, 0) is 4.79 Å². The van der Waals surface area contributed by atoms with Gasteiger partial charge in [0.05, 0.1) is 22.3 Å². The van der Waals surface area contributed by atoms with Gasteiger partial charge in [0.1, 0.15) is 0 Å². The molecular formula is C23H26Cl2N4O2. The first-order chi connectivity index (χ1) is 14.5. The molecule has 6 nitrogen and oxygen atoms in total. The third-order valence-corrected chi connectivity index (χ3v) is 5.10. The molecule has 1 amide bonds. The second-order valence-electron chi connectivity index (χ2n) is 8.71. The predicted octanol–water partition coefficient (Wildman–Crippen LogP) is 6.26. The molecular weight excluding hydrogens is 435 g/mol. The maximum atomic E-state index is 12.2. The first-order valence-electron chi connectivity index (χ1n) is 10.0. The first kappa shape index (κ1) is 23.1. The van der Waals surface area contributed by atoms with Gasteiger partial charge in [-0.3, -0.25) is 4.79 Å². The smallest absolute Gasteiger partial charge is 0.336 e. The molecule has 0 saturated heterocycles. The van der Waals surface area contributed by atoms with Gasteiger partial charge in [0.15, 0.2) is 5.82 Å². The van der Waals surface area contributed by atoms with Gasteiger partial charge in [-0.25, -0.2) is 4.68 Å². The van der Waals surface area contributed by atoms with Crippen molar-refractivity contribution in [3.05, 3.63) is 52.5 Å². The zero-order valence-electron chi connectivity index (χ0n) is 18.2. The van der Waals surface area contributed by atoms with Gasteiger partial charge in [-0.2, -0.15) is 4.98 Å². The topological polar surface area (TPSA) is 69.0 Å². The van der Waals surface area contributed by atoms with E-state index in [4.69, 9.17) is 27.9 Å². The zero-order valence-corrected chi connectivity index (χ0v) is 19.8. The number of anilines is 1. The highest BCUT2D eigenvalue weighted by Crippen LogP contribution is 2.30. The highest BCUT2D eigenvalue weighted by atomic mass is 35.5. The van der Waals surface area contributed by atoms with Gasteiger partial charge in [0.2, 0.25) is 5.91 Å². The van der Waals surface area contributed by atoms with Crippen molar-refractivity contribution in [3.63, 3.8) is 0 Å². The van der Waals surface area contributed by atoms with Crippen LogP contribution in [0.2, 0.25) is 10.0 Å². The number of nitrogens with zero attached hydrogens (tertiary/aromatic N) is 3. The van der Waals surface area contributed by atoms with Gasteiger partial charge in [0.25, 0.3) is 0 Å². The molecule has 0 aliphatic rings. The number of amides is 1. The Bertz CT molecular complexity index is 1070. The Morgan fingerprint density at radius 3 is 2.35 bits per heavy atom. The highest BCUT2D eigenvalue weighted by molar-refractivity contribution is 6.42. The van der Waals surface area contributed by atoms with Crippen LogP contribution in [0.4, 0.5) is 5.69 Å². The number of hydrogen-bond acceptors (Lipinski definition) is 4. The van der Waals surface area contributed by atoms with Gasteiger partial charge in [-0.05, 0) is 48.4 Å². The van der Waals surface area contributed by atoms with Gasteiger partial charge >= 0.3 is 6.01 Å². The van der Waals surface area contributed by atoms with Crippen LogP contribution in [-0.4, -0.2) is 27.3 Å². The van der Waals surface area contributed by atoms with Crippen molar-refractivity contribution in [2.45, 2.75) is 34.6 Å². The lowest BCUT2D eigenvalue weighted by Gasteiger charge is -2.17. The molecule has 1 aromatic heterocycles. The number of carbonyl (C=O) groups excluding carboxylic acids is 1. The van der Waals surface area contributed by atoms with Crippen LogP contribution >= 0.6 is 23.2 Å². The molecule has 0 fully saturated rings. The van der Waals surface area contributed by atoms with Crippen LogP contribution in [0, 0.1) is 11.3 Å². The molecule has 0 aliphatic carbocycles. The lowest BCUT2D eigenvalue weighted by molar-refractivity contribution is -0.123. The summed E-state index contributed by atoms with van der Waals surface area (Å²) in [7, 11) is 0. The zero-order chi connectivity index (χ0) is 22.8. The van der Waals surface area contributed by atoms with Crippen LogP contribution in [0.15, 0.2) is 42.5 Å². The summed E-state index contributed by atoms with van der Waals surface area (Å²) in [5.74, 6) is 0.858. The second-order valence-corrected chi connectivity index (χ2v) is 9.53. The molecule has 31 heavy (non-hydrogen) atoms. The summed E-state index contributed by atoms with van der Waals surface area (Å²) in [5, 5.41) is 8.34. The summed E-state index contributed by atoms with van der Waals surface area (Å²) in [5.41, 5.74) is 1.75. The summed E-state index contributed by atoms with van der Waals surface area (Å²) in [6.45, 7) is 10.2. The number of nitrogens with one attached hydrogen (secondary N) is 1.